The number of benzene rings is 1. The van der Waals surface area contributed by atoms with E-state index in [4.69, 9.17) is 14.3 Å². The lowest BCUT2D eigenvalue weighted by molar-refractivity contribution is 0.125. The predicted molar refractivity (Wildman–Crippen MR) is 86.4 cm³/mol. The van der Waals surface area contributed by atoms with Crippen LogP contribution in [0.1, 0.15) is 5.82 Å². The van der Waals surface area contributed by atoms with Gasteiger partial charge in [-0.15, -0.1) is 0 Å². The van der Waals surface area contributed by atoms with Crippen LogP contribution in [-0.2, 0) is 11.3 Å². The van der Waals surface area contributed by atoms with E-state index in [2.05, 4.69) is 9.97 Å². The van der Waals surface area contributed by atoms with Crippen molar-refractivity contribution in [2.75, 3.05) is 33.4 Å². The Morgan fingerprint density at radius 2 is 2.17 bits per heavy atom. The first-order chi connectivity index (χ1) is 11.2. The van der Waals surface area contributed by atoms with Crippen molar-refractivity contribution in [2.45, 2.75) is 6.54 Å². The molecule has 1 aromatic carbocycles. The summed E-state index contributed by atoms with van der Waals surface area (Å²) in [7, 11) is 1.63. The maximum Gasteiger partial charge on any atom is 0.294 e. The van der Waals surface area contributed by atoms with Gasteiger partial charge in [-0.2, -0.15) is 0 Å². The molecule has 0 bridgehead atoms. The standard InChI is InChI=1S/C16H19N3O4/c1-22-9-7-19(6-8-20)10-13-17-14-11-4-2-3-5-12(11)23-15(14)16(21)18-13/h2-5,20H,6-10H2,1H3,(H,17,18,21). The van der Waals surface area contributed by atoms with E-state index in [1.807, 2.05) is 29.2 Å². The summed E-state index contributed by atoms with van der Waals surface area (Å²) in [6.07, 6.45) is 0. The Hall–Kier alpha value is -2.22. The highest BCUT2D eigenvalue weighted by Crippen LogP contribution is 2.24. The number of methoxy groups -OCH3 is 1. The highest BCUT2D eigenvalue weighted by atomic mass is 16.5. The third-order valence-corrected chi connectivity index (χ3v) is 3.68. The summed E-state index contributed by atoms with van der Waals surface area (Å²) >= 11 is 0. The number of aromatic amines is 1. The first kappa shape index (κ1) is 15.7. The average Bonchev–Trinajstić information content (AvgIpc) is 2.92. The summed E-state index contributed by atoms with van der Waals surface area (Å²) in [5.74, 6) is 0.540. The monoisotopic (exact) mass is 317 g/mol. The summed E-state index contributed by atoms with van der Waals surface area (Å²) in [5, 5.41) is 9.98. The fourth-order valence-corrected chi connectivity index (χ4v) is 2.57. The molecule has 0 saturated heterocycles. The molecule has 23 heavy (non-hydrogen) atoms. The van der Waals surface area contributed by atoms with Gasteiger partial charge in [-0.25, -0.2) is 4.98 Å². The number of ether oxygens (including phenoxy) is 1. The Labute approximate surface area is 132 Å². The summed E-state index contributed by atoms with van der Waals surface area (Å²) in [6.45, 7) is 2.13. The molecule has 3 aromatic rings. The van der Waals surface area contributed by atoms with E-state index in [9.17, 15) is 4.79 Å². The van der Waals surface area contributed by atoms with Gasteiger partial charge in [0.05, 0.1) is 19.8 Å². The summed E-state index contributed by atoms with van der Waals surface area (Å²) in [6, 6.07) is 7.44. The Morgan fingerprint density at radius 1 is 1.35 bits per heavy atom. The van der Waals surface area contributed by atoms with Crippen molar-refractivity contribution in [3.63, 3.8) is 0 Å². The van der Waals surface area contributed by atoms with Gasteiger partial charge in [0.1, 0.15) is 16.9 Å². The van der Waals surface area contributed by atoms with E-state index < -0.39 is 0 Å². The Balaban J connectivity index is 1.97. The van der Waals surface area contributed by atoms with Gasteiger partial charge in [-0.05, 0) is 12.1 Å². The van der Waals surface area contributed by atoms with Crippen molar-refractivity contribution in [3.05, 3.63) is 40.4 Å². The quantitative estimate of drug-likeness (QED) is 0.678. The molecular weight excluding hydrogens is 298 g/mol. The average molecular weight is 317 g/mol. The molecule has 7 heteroatoms. The predicted octanol–water partition coefficient (Wildman–Crippen LogP) is 1.11. The van der Waals surface area contributed by atoms with Crippen molar-refractivity contribution in [3.8, 4) is 0 Å². The van der Waals surface area contributed by atoms with Gasteiger partial charge in [0.15, 0.2) is 0 Å². The van der Waals surface area contributed by atoms with E-state index in [1.54, 1.807) is 7.11 Å². The molecule has 2 N–H and O–H groups in total. The van der Waals surface area contributed by atoms with Gasteiger partial charge in [0.2, 0.25) is 5.58 Å². The van der Waals surface area contributed by atoms with Crippen molar-refractivity contribution >= 4 is 22.1 Å². The van der Waals surface area contributed by atoms with E-state index in [0.717, 1.165) is 5.39 Å². The topological polar surface area (TPSA) is 91.6 Å². The molecule has 0 atom stereocenters. The van der Waals surface area contributed by atoms with E-state index in [1.165, 1.54) is 0 Å². The van der Waals surface area contributed by atoms with Crippen LogP contribution >= 0.6 is 0 Å². The third-order valence-electron chi connectivity index (χ3n) is 3.68. The molecule has 3 rings (SSSR count). The number of nitrogens with one attached hydrogen (secondary N) is 1. The van der Waals surface area contributed by atoms with Crippen LogP contribution in [-0.4, -0.2) is 53.4 Å². The van der Waals surface area contributed by atoms with Crippen LogP contribution in [0.3, 0.4) is 0 Å². The maximum atomic E-state index is 12.2. The van der Waals surface area contributed by atoms with Gasteiger partial charge in [-0.1, -0.05) is 12.1 Å². The largest absolute Gasteiger partial charge is 0.449 e. The zero-order chi connectivity index (χ0) is 16.2. The first-order valence-electron chi connectivity index (χ1n) is 7.45. The van der Waals surface area contributed by atoms with Crippen molar-refractivity contribution in [1.82, 2.24) is 14.9 Å². The van der Waals surface area contributed by atoms with Crippen LogP contribution in [0, 0.1) is 0 Å². The van der Waals surface area contributed by atoms with E-state index in [0.29, 0.717) is 43.2 Å². The Bertz CT molecular complexity index is 855. The number of furan rings is 1. The van der Waals surface area contributed by atoms with Crippen molar-refractivity contribution < 1.29 is 14.3 Å². The highest BCUT2D eigenvalue weighted by Gasteiger charge is 2.14. The van der Waals surface area contributed by atoms with Crippen LogP contribution < -0.4 is 5.56 Å². The molecule has 0 radical (unpaired) electrons. The van der Waals surface area contributed by atoms with Gasteiger partial charge in [-0.3, -0.25) is 9.69 Å². The smallest absolute Gasteiger partial charge is 0.294 e. The number of rotatable bonds is 7. The molecule has 122 valence electrons. The van der Waals surface area contributed by atoms with Crippen LogP contribution in [0.4, 0.5) is 0 Å². The van der Waals surface area contributed by atoms with Crippen LogP contribution in [0.5, 0.6) is 0 Å². The van der Waals surface area contributed by atoms with Crippen LogP contribution in [0.2, 0.25) is 0 Å². The minimum atomic E-state index is -0.295. The molecule has 7 nitrogen and oxygen atoms in total. The molecule has 0 aliphatic heterocycles. The molecule has 0 spiro atoms. The Morgan fingerprint density at radius 3 is 2.96 bits per heavy atom. The molecule has 0 unspecified atom stereocenters. The van der Waals surface area contributed by atoms with Crippen LogP contribution in [0.15, 0.2) is 33.5 Å². The molecule has 0 aliphatic carbocycles. The number of aliphatic hydroxyl groups excluding tert-OH is 1. The van der Waals surface area contributed by atoms with E-state index >= 15 is 0 Å². The van der Waals surface area contributed by atoms with Crippen molar-refractivity contribution in [1.29, 1.82) is 0 Å². The number of nitrogens with zero attached hydrogens (tertiary/aromatic N) is 2. The summed E-state index contributed by atoms with van der Waals surface area (Å²) < 4.78 is 10.6. The highest BCUT2D eigenvalue weighted by molar-refractivity contribution is 6.01. The zero-order valence-corrected chi connectivity index (χ0v) is 12.9. The SMILES string of the molecule is COCCN(CCO)Cc1nc2c(oc3ccccc32)c(=O)[nH]1. The van der Waals surface area contributed by atoms with Gasteiger partial charge in [0, 0.05) is 25.6 Å². The summed E-state index contributed by atoms with van der Waals surface area (Å²) in [5.41, 5.74) is 1.15. The number of hydrogen-bond acceptors (Lipinski definition) is 6. The number of hydrogen-bond donors (Lipinski definition) is 2. The number of aliphatic hydroxyl groups is 1. The fraction of sp³-hybridized carbons (Fsp3) is 0.375. The van der Waals surface area contributed by atoms with E-state index in [-0.39, 0.29) is 17.7 Å². The minimum absolute atomic E-state index is 0.0326. The number of para-hydroxylation sites is 1. The maximum absolute atomic E-state index is 12.2. The molecule has 0 fully saturated rings. The normalized spacial score (nSPS) is 11.8. The second kappa shape index (κ2) is 6.91. The molecule has 2 heterocycles. The fourth-order valence-electron chi connectivity index (χ4n) is 2.57. The molecule has 0 saturated carbocycles. The number of aromatic nitrogens is 2. The Kier molecular flexibility index (Phi) is 4.71. The lowest BCUT2D eigenvalue weighted by Crippen LogP contribution is -2.31. The second-order valence-corrected chi connectivity index (χ2v) is 5.28. The molecule has 0 aliphatic rings. The molecular formula is C16H19N3O4. The van der Waals surface area contributed by atoms with Gasteiger partial charge >= 0.3 is 0 Å². The molecule has 2 aromatic heterocycles. The van der Waals surface area contributed by atoms with Gasteiger partial charge in [0.25, 0.3) is 5.56 Å². The summed E-state index contributed by atoms with van der Waals surface area (Å²) in [4.78, 5) is 21.5. The zero-order valence-electron chi connectivity index (χ0n) is 12.9. The second-order valence-electron chi connectivity index (χ2n) is 5.28. The lowest BCUT2D eigenvalue weighted by Gasteiger charge is -2.19. The number of H-pyrrole nitrogens is 1. The third kappa shape index (κ3) is 3.26. The van der Waals surface area contributed by atoms with Gasteiger partial charge < -0.3 is 19.2 Å². The molecule has 0 amide bonds. The lowest BCUT2D eigenvalue weighted by atomic mass is 10.2. The van der Waals surface area contributed by atoms with Crippen molar-refractivity contribution in [2.24, 2.45) is 0 Å². The first-order valence-corrected chi connectivity index (χ1v) is 7.45. The minimum Gasteiger partial charge on any atom is -0.449 e. The van der Waals surface area contributed by atoms with Crippen LogP contribution in [0.25, 0.3) is 22.1 Å². The number of fused-ring (bicyclic) bond motifs is 3.